The van der Waals surface area contributed by atoms with Crippen LogP contribution in [0.1, 0.15) is 73.6 Å². The van der Waals surface area contributed by atoms with Gasteiger partial charge in [0.15, 0.2) is 0 Å². The fourth-order valence-corrected chi connectivity index (χ4v) is 6.39. The molecular formula is C31H43N3O5. The lowest BCUT2D eigenvalue weighted by molar-refractivity contribution is -0.138. The zero-order valence-corrected chi connectivity index (χ0v) is 23.6. The van der Waals surface area contributed by atoms with Crippen LogP contribution in [0.2, 0.25) is 0 Å². The lowest BCUT2D eigenvalue weighted by atomic mass is 9.80. The maximum atomic E-state index is 11.5. The van der Waals surface area contributed by atoms with E-state index in [1.807, 2.05) is 4.90 Å². The molecule has 212 valence electrons. The van der Waals surface area contributed by atoms with Crippen molar-refractivity contribution in [3.63, 3.8) is 0 Å². The number of rotatable bonds is 11. The van der Waals surface area contributed by atoms with Crippen molar-refractivity contribution in [3.8, 4) is 0 Å². The Labute approximate surface area is 232 Å². The van der Waals surface area contributed by atoms with E-state index in [9.17, 15) is 9.90 Å². The van der Waals surface area contributed by atoms with Crippen LogP contribution >= 0.6 is 0 Å². The van der Waals surface area contributed by atoms with Gasteiger partial charge in [0.2, 0.25) is 0 Å². The minimum atomic E-state index is -0.803. The second-order valence-electron chi connectivity index (χ2n) is 11.7. The van der Waals surface area contributed by atoms with Crippen LogP contribution < -0.4 is 5.32 Å². The van der Waals surface area contributed by atoms with Gasteiger partial charge in [0.05, 0.1) is 18.8 Å². The van der Waals surface area contributed by atoms with Gasteiger partial charge in [0.1, 0.15) is 17.5 Å². The summed E-state index contributed by atoms with van der Waals surface area (Å²) >= 11 is 0. The molecule has 1 aromatic heterocycles. The van der Waals surface area contributed by atoms with E-state index in [4.69, 9.17) is 19.2 Å². The van der Waals surface area contributed by atoms with Crippen LogP contribution in [0, 0.1) is 0 Å². The van der Waals surface area contributed by atoms with Crippen LogP contribution in [0.4, 0.5) is 5.82 Å². The number of aliphatic carboxylic acids is 1. The van der Waals surface area contributed by atoms with Crippen molar-refractivity contribution in [2.75, 3.05) is 51.8 Å². The van der Waals surface area contributed by atoms with E-state index in [0.717, 1.165) is 62.1 Å². The summed E-state index contributed by atoms with van der Waals surface area (Å²) < 4.78 is 18.8. The van der Waals surface area contributed by atoms with Crippen molar-refractivity contribution in [1.29, 1.82) is 0 Å². The Morgan fingerprint density at radius 1 is 1.26 bits per heavy atom. The maximum Gasteiger partial charge on any atom is 0.317 e. The zero-order chi connectivity index (χ0) is 27.5. The Hall–Kier alpha value is -2.52. The van der Waals surface area contributed by atoms with E-state index in [0.29, 0.717) is 26.3 Å². The van der Waals surface area contributed by atoms with Gasteiger partial charge < -0.3 is 24.6 Å². The normalized spacial score (nSPS) is 23.2. The van der Waals surface area contributed by atoms with E-state index >= 15 is 0 Å². The molecule has 4 heterocycles. The molecule has 3 aliphatic rings. The monoisotopic (exact) mass is 537 g/mol. The van der Waals surface area contributed by atoms with Crippen molar-refractivity contribution >= 4 is 11.8 Å². The molecule has 8 heteroatoms. The molecule has 3 aliphatic heterocycles. The number of benzene rings is 1. The molecule has 1 saturated heterocycles. The molecule has 0 amide bonds. The fourth-order valence-electron chi connectivity index (χ4n) is 6.39. The van der Waals surface area contributed by atoms with E-state index in [-0.39, 0.29) is 12.6 Å². The average molecular weight is 538 g/mol. The van der Waals surface area contributed by atoms with Crippen molar-refractivity contribution < 1.29 is 24.1 Å². The molecule has 2 atom stereocenters. The highest BCUT2D eigenvalue weighted by atomic mass is 16.5. The molecule has 1 unspecified atom stereocenters. The van der Waals surface area contributed by atoms with Crippen LogP contribution in [0.3, 0.4) is 0 Å². The smallest absolute Gasteiger partial charge is 0.317 e. The van der Waals surface area contributed by atoms with Gasteiger partial charge in [-0.15, -0.1) is 0 Å². The first-order chi connectivity index (χ1) is 18.8. The number of unbranched alkanes of at least 4 members (excludes halogenated alkanes) is 1. The van der Waals surface area contributed by atoms with Crippen LogP contribution in [0.25, 0.3) is 0 Å². The van der Waals surface area contributed by atoms with E-state index in [1.165, 1.54) is 23.1 Å². The molecule has 0 bridgehead atoms. The predicted octanol–water partition coefficient (Wildman–Crippen LogP) is 4.50. The number of aromatic nitrogens is 1. The third-order valence-electron chi connectivity index (χ3n) is 8.61. The highest BCUT2D eigenvalue weighted by molar-refractivity contribution is 5.69. The van der Waals surface area contributed by atoms with Gasteiger partial charge in [-0.3, -0.25) is 9.69 Å². The second kappa shape index (κ2) is 11.9. The fraction of sp³-hybridized carbons (Fsp3) is 0.613. The van der Waals surface area contributed by atoms with E-state index in [2.05, 4.69) is 49.5 Å². The number of anilines is 1. The second-order valence-corrected chi connectivity index (χ2v) is 11.7. The number of carbonyl (C=O) groups is 1. The summed E-state index contributed by atoms with van der Waals surface area (Å²) in [5.74, 6) is 0.245. The highest BCUT2D eigenvalue weighted by Crippen LogP contribution is 2.44. The summed E-state index contributed by atoms with van der Waals surface area (Å²) in [6.45, 7) is 7.67. The SMILES string of the molecule is COC(C)(C)C1OCCc2c1cccc2[C@]1(OCCCCc2ccc3c(n2)NCCC3)CCN(CC(=O)O)C1. The number of ether oxygens (including phenoxy) is 3. The Morgan fingerprint density at radius 3 is 2.95 bits per heavy atom. The molecule has 0 saturated carbocycles. The number of aryl methyl sites for hydroxylation is 2. The first-order valence-corrected chi connectivity index (χ1v) is 14.4. The summed E-state index contributed by atoms with van der Waals surface area (Å²) in [7, 11) is 1.73. The minimum absolute atomic E-state index is 0.0284. The molecule has 8 nitrogen and oxygen atoms in total. The Balaban J connectivity index is 1.31. The topological polar surface area (TPSA) is 93.2 Å². The molecule has 39 heavy (non-hydrogen) atoms. The molecule has 0 spiro atoms. The van der Waals surface area contributed by atoms with Crippen molar-refractivity contribution in [1.82, 2.24) is 9.88 Å². The van der Waals surface area contributed by atoms with Gasteiger partial charge in [0, 0.05) is 39.0 Å². The van der Waals surface area contributed by atoms with E-state index < -0.39 is 17.2 Å². The van der Waals surface area contributed by atoms with Gasteiger partial charge in [-0.2, -0.15) is 0 Å². The number of likely N-dealkylation sites (tertiary alicyclic amines) is 1. The van der Waals surface area contributed by atoms with Gasteiger partial charge >= 0.3 is 5.97 Å². The molecule has 5 rings (SSSR count). The third kappa shape index (κ3) is 6.14. The van der Waals surface area contributed by atoms with Gasteiger partial charge in [-0.05, 0) is 87.1 Å². The highest BCUT2D eigenvalue weighted by Gasteiger charge is 2.45. The Kier molecular flexibility index (Phi) is 8.57. The lowest BCUT2D eigenvalue weighted by Crippen LogP contribution is -2.40. The molecule has 2 N–H and O–H groups in total. The average Bonchev–Trinajstić information content (AvgIpc) is 3.34. The first-order valence-electron chi connectivity index (χ1n) is 14.4. The van der Waals surface area contributed by atoms with Gasteiger partial charge in [0.25, 0.3) is 0 Å². The summed E-state index contributed by atoms with van der Waals surface area (Å²) in [4.78, 5) is 18.4. The Morgan fingerprint density at radius 2 is 2.13 bits per heavy atom. The standard InChI is InChI=1S/C31H43N3O5/c1-30(2,37-3)28-25-10-6-11-26(24(25)14-19-38-28)31(15-17-34(21-31)20-27(35)36)39-18-5-4-9-23-13-12-22-8-7-16-32-29(22)33-23/h6,10-13,28H,4-5,7-9,14-21H2,1-3H3,(H,32,33)(H,35,36)/t28?,31-/m0/s1. The maximum absolute atomic E-state index is 11.5. The van der Waals surface area contributed by atoms with Crippen LogP contribution in [0.15, 0.2) is 30.3 Å². The number of hydrogen-bond donors (Lipinski definition) is 2. The number of pyridine rings is 1. The van der Waals surface area contributed by atoms with Gasteiger partial charge in [-0.1, -0.05) is 24.3 Å². The molecule has 1 fully saturated rings. The summed E-state index contributed by atoms with van der Waals surface area (Å²) in [5, 5.41) is 12.9. The van der Waals surface area contributed by atoms with Gasteiger partial charge in [-0.25, -0.2) is 4.98 Å². The van der Waals surface area contributed by atoms with Crippen LogP contribution in [0.5, 0.6) is 0 Å². The number of nitrogens with zero attached hydrogens (tertiary/aromatic N) is 2. The Bertz CT molecular complexity index is 1170. The summed E-state index contributed by atoms with van der Waals surface area (Å²) in [6, 6.07) is 10.8. The number of methoxy groups -OCH3 is 1. The third-order valence-corrected chi connectivity index (χ3v) is 8.61. The largest absolute Gasteiger partial charge is 0.480 e. The van der Waals surface area contributed by atoms with Crippen LogP contribution in [-0.4, -0.2) is 73.1 Å². The first kappa shape index (κ1) is 28.0. The summed E-state index contributed by atoms with van der Waals surface area (Å²) in [6.07, 6.45) is 6.51. The number of fused-ring (bicyclic) bond motifs is 2. The van der Waals surface area contributed by atoms with Crippen molar-refractivity contribution in [2.24, 2.45) is 0 Å². The number of carboxylic acid groups (broad SMARTS) is 1. The number of hydrogen-bond acceptors (Lipinski definition) is 7. The molecular weight excluding hydrogens is 494 g/mol. The zero-order valence-electron chi connectivity index (χ0n) is 23.6. The minimum Gasteiger partial charge on any atom is -0.480 e. The number of nitrogens with one attached hydrogen (secondary N) is 1. The van der Waals surface area contributed by atoms with E-state index in [1.54, 1.807) is 7.11 Å². The molecule has 0 aliphatic carbocycles. The number of carboxylic acids is 1. The molecule has 0 radical (unpaired) electrons. The lowest BCUT2D eigenvalue weighted by Gasteiger charge is -2.40. The van der Waals surface area contributed by atoms with Crippen molar-refractivity contribution in [2.45, 2.75) is 76.1 Å². The predicted molar refractivity (Wildman–Crippen MR) is 150 cm³/mol. The van der Waals surface area contributed by atoms with Crippen LogP contribution in [-0.2, 0) is 43.9 Å². The quantitative estimate of drug-likeness (QED) is 0.405. The molecule has 2 aromatic rings. The summed E-state index contributed by atoms with van der Waals surface area (Å²) in [5.41, 5.74) is 5.03. The van der Waals surface area contributed by atoms with Crippen molar-refractivity contribution in [3.05, 3.63) is 58.3 Å². The molecule has 1 aromatic carbocycles.